The molecule has 8 heteroatoms. The predicted molar refractivity (Wildman–Crippen MR) is 108 cm³/mol. The van der Waals surface area contributed by atoms with Crippen molar-refractivity contribution in [3.05, 3.63) is 54.0 Å². The van der Waals surface area contributed by atoms with Crippen molar-refractivity contribution < 1.29 is 9.90 Å². The number of hydrogen-bond donors (Lipinski definition) is 4. The third-order valence-electron chi connectivity index (χ3n) is 4.50. The van der Waals surface area contributed by atoms with Gasteiger partial charge in [0.05, 0.1) is 11.3 Å². The number of carboxylic acid groups (broad SMARTS) is 1. The molecular formula is C20H18N6O2. The zero-order chi connectivity index (χ0) is 19.8. The van der Waals surface area contributed by atoms with Gasteiger partial charge in [-0.2, -0.15) is 0 Å². The van der Waals surface area contributed by atoms with Gasteiger partial charge in [-0.15, -0.1) is 0 Å². The monoisotopic (exact) mass is 374 g/mol. The summed E-state index contributed by atoms with van der Waals surface area (Å²) in [4.78, 5) is 27.5. The third-order valence-corrected chi connectivity index (χ3v) is 4.50. The van der Waals surface area contributed by atoms with Crippen LogP contribution in [0, 0.1) is 0 Å². The highest BCUT2D eigenvalue weighted by Crippen LogP contribution is 2.31. The number of aromatic carboxylic acids is 1. The standard InChI is InChI=1S/C20H18N6O2/c1-2-14-7-17(26-20(22)25-14)16-9-24-18-15(16)6-12(8-23-18)10-3-11(19(27)28)5-13(21)4-10/h3-9H,2,21H2,1H3,(H,23,24)(H,27,28)(H2,22,25,26). The highest BCUT2D eigenvalue weighted by atomic mass is 16.4. The molecule has 28 heavy (non-hydrogen) atoms. The van der Waals surface area contributed by atoms with Gasteiger partial charge in [-0.25, -0.2) is 19.7 Å². The summed E-state index contributed by atoms with van der Waals surface area (Å²) in [5, 5.41) is 10.1. The number of benzene rings is 1. The Labute approximate surface area is 160 Å². The maximum absolute atomic E-state index is 11.3. The number of carbonyl (C=O) groups is 1. The van der Waals surface area contributed by atoms with Crippen molar-refractivity contribution in [3.8, 4) is 22.4 Å². The van der Waals surface area contributed by atoms with Gasteiger partial charge < -0.3 is 21.6 Å². The minimum atomic E-state index is -1.03. The van der Waals surface area contributed by atoms with E-state index >= 15 is 0 Å². The smallest absolute Gasteiger partial charge is 0.335 e. The second-order valence-electron chi connectivity index (χ2n) is 6.43. The van der Waals surface area contributed by atoms with E-state index in [2.05, 4.69) is 19.9 Å². The van der Waals surface area contributed by atoms with Crippen LogP contribution in [0.4, 0.5) is 11.6 Å². The minimum absolute atomic E-state index is 0.126. The van der Waals surface area contributed by atoms with Crippen molar-refractivity contribution in [1.82, 2.24) is 19.9 Å². The van der Waals surface area contributed by atoms with Crippen LogP contribution in [0.25, 0.3) is 33.4 Å². The SMILES string of the molecule is CCc1cc(-c2c[nH]c3ncc(-c4cc(N)cc(C(=O)O)c4)cc23)nc(N)n1. The van der Waals surface area contributed by atoms with Crippen molar-refractivity contribution in [2.75, 3.05) is 11.5 Å². The number of carboxylic acids is 1. The maximum Gasteiger partial charge on any atom is 0.335 e. The Hall–Kier alpha value is -3.94. The van der Waals surface area contributed by atoms with E-state index in [1.165, 1.54) is 6.07 Å². The number of pyridine rings is 1. The zero-order valence-corrected chi connectivity index (χ0v) is 15.1. The Balaban J connectivity index is 1.88. The number of aryl methyl sites for hydroxylation is 1. The highest BCUT2D eigenvalue weighted by molar-refractivity contribution is 5.96. The minimum Gasteiger partial charge on any atom is -0.478 e. The number of aromatic amines is 1. The summed E-state index contributed by atoms with van der Waals surface area (Å²) in [6.45, 7) is 2.00. The molecule has 6 N–H and O–H groups in total. The van der Waals surface area contributed by atoms with Gasteiger partial charge in [-0.3, -0.25) is 0 Å². The van der Waals surface area contributed by atoms with E-state index in [0.29, 0.717) is 22.6 Å². The van der Waals surface area contributed by atoms with E-state index in [1.54, 1.807) is 18.3 Å². The highest BCUT2D eigenvalue weighted by Gasteiger charge is 2.13. The number of hydrogen-bond acceptors (Lipinski definition) is 6. The van der Waals surface area contributed by atoms with Crippen LogP contribution in [0.1, 0.15) is 23.0 Å². The zero-order valence-electron chi connectivity index (χ0n) is 15.1. The lowest BCUT2D eigenvalue weighted by atomic mass is 10.0. The molecule has 0 saturated heterocycles. The number of nitrogens with one attached hydrogen (secondary N) is 1. The van der Waals surface area contributed by atoms with Crippen LogP contribution in [-0.2, 0) is 6.42 Å². The normalized spacial score (nSPS) is 11.0. The van der Waals surface area contributed by atoms with Crippen molar-refractivity contribution in [2.24, 2.45) is 0 Å². The van der Waals surface area contributed by atoms with Crippen LogP contribution >= 0.6 is 0 Å². The fourth-order valence-electron chi connectivity index (χ4n) is 3.15. The van der Waals surface area contributed by atoms with Gasteiger partial charge in [0.2, 0.25) is 5.95 Å². The van der Waals surface area contributed by atoms with Crippen molar-refractivity contribution in [3.63, 3.8) is 0 Å². The first-order valence-corrected chi connectivity index (χ1v) is 8.69. The molecule has 3 aromatic heterocycles. The number of H-pyrrole nitrogens is 1. The first kappa shape index (κ1) is 17.5. The lowest BCUT2D eigenvalue weighted by molar-refractivity contribution is 0.0697. The molecule has 0 bridgehead atoms. The van der Waals surface area contributed by atoms with Crippen molar-refractivity contribution in [2.45, 2.75) is 13.3 Å². The molecule has 3 heterocycles. The first-order chi connectivity index (χ1) is 13.4. The molecule has 0 atom stereocenters. The molecule has 0 amide bonds. The molecule has 0 fully saturated rings. The summed E-state index contributed by atoms with van der Waals surface area (Å²) in [5.41, 5.74) is 16.7. The van der Waals surface area contributed by atoms with Crippen LogP contribution in [0.15, 0.2) is 42.7 Å². The number of fused-ring (bicyclic) bond motifs is 1. The summed E-state index contributed by atoms with van der Waals surface area (Å²) in [5.74, 6) is -0.816. The van der Waals surface area contributed by atoms with Crippen LogP contribution in [0.3, 0.4) is 0 Å². The molecule has 1 aromatic carbocycles. The molecule has 0 radical (unpaired) electrons. The summed E-state index contributed by atoms with van der Waals surface area (Å²) in [7, 11) is 0. The van der Waals surface area contributed by atoms with Gasteiger partial charge in [-0.05, 0) is 42.3 Å². The van der Waals surface area contributed by atoms with Crippen LogP contribution in [0.5, 0.6) is 0 Å². The van der Waals surface area contributed by atoms with Gasteiger partial charge >= 0.3 is 5.97 Å². The fourth-order valence-corrected chi connectivity index (χ4v) is 3.15. The van der Waals surface area contributed by atoms with Gasteiger partial charge in [-0.1, -0.05) is 6.92 Å². The molecule has 0 saturated carbocycles. The van der Waals surface area contributed by atoms with E-state index in [4.69, 9.17) is 11.5 Å². The Morgan fingerprint density at radius 3 is 2.68 bits per heavy atom. The molecule has 0 unspecified atom stereocenters. The average molecular weight is 374 g/mol. The predicted octanol–water partition coefficient (Wildman–Crippen LogP) is 3.11. The molecule has 0 aliphatic rings. The lowest BCUT2D eigenvalue weighted by Crippen LogP contribution is -2.00. The molecule has 0 spiro atoms. The second kappa shape index (κ2) is 6.66. The van der Waals surface area contributed by atoms with Crippen LogP contribution in [0.2, 0.25) is 0 Å². The van der Waals surface area contributed by atoms with E-state index in [-0.39, 0.29) is 11.5 Å². The number of rotatable bonds is 4. The average Bonchev–Trinajstić information content (AvgIpc) is 3.10. The molecule has 0 aliphatic heterocycles. The largest absolute Gasteiger partial charge is 0.478 e. The number of anilines is 2. The van der Waals surface area contributed by atoms with Gasteiger partial charge in [0.1, 0.15) is 5.65 Å². The van der Waals surface area contributed by atoms with E-state index in [1.807, 2.05) is 25.3 Å². The molecule has 8 nitrogen and oxygen atoms in total. The topological polar surface area (TPSA) is 144 Å². The molecule has 4 aromatic rings. The van der Waals surface area contributed by atoms with Gasteiger partial charge in [0.15, 0.2) is 0 Å². The Bertz CT molecular complexity index is 1210. The van der Waals surface area contributed by atoms with Crippen LogP contribution < -0.4 is 11.5 Å². The third kappa shape index (κ3) is 3.11. The fraction of sp³-hybridized carbons (Fsp3) is 0.100. The molecule has 0 aliphatic carbocycles. The van der Waals surface area contributed by atoms with Gasteiger partial charge in [0, 0.05) is 40.3 Å². The summed E-state index contributed by atoms with van der Waals surface area (Å²) in [6.07, 6.45) is 4.24. The van der Waals surface area contributed by atoms with E-state index in [0.717, 1.165) is 28.6 Å². The Kier molecular flexibility index (Phi) is 4.15. The van der Waals surface area contributed by atoms with E-state index < -0.39 is 5.97 Å². The quantitative estimate of drug-likeness (QED) is 0.402. The maximum atomic E-state index is 11.3. The summed E-state index contributed by atoms with van der Waals surface area (Å²) >= 11 is 0. The van der Waals surface area contributed by atoms with Crippen LogP contribution in [-0.4, -0.2) is 31.0 Å². The Morgan fingerprint density at radius 2 is 1.93 bits per heavy atom. The molecular weight excluding hydrogens is 356 g/mol. The van der Waals surface area contributed by atoms with Crippen molar-refractivity contribution >= 4 is 28.6 Å². The number of nitrogens with zero attached hydrogens (tertiary/aromatic N) is 3. The number of nitrogen functional groups attached to an aromatic ring is 2. The number of aromatic nitrogens is 4. The van der Waals surface area contributed by atoms with Gasteiger partial charge in [0.25, 0.3) is 0 Å². The second-order valence-corrected chi connectivity index (χ2v) is 6.43. The number of nitrogens with two attached hydrogens (primary N) is 2. The molecule has 140 valence electrons. The summed E-state index contributed by atoms with van der Waals surface area (Å²) < 4.78 is 0. The molecule has 4 rings (SSSR count). The van der Waals surface area contributed by atoms with Crippen molar-refractivity contribution in [1.29, 1.82) is 0 Å². The van der Waals surface area contributed by atoms with E-state index in [9.17, 15) is 9.90 Å². The first-order valence-electron chi connectivity index (χ1n) is 8.69. The summed E-state index contributed by atoms with van der Waals surface area (Å²) in [6, 6.07) is 8.55. The Morgan fingerprint density at radius 1 is 1.11 bits per heavy atom. The lowest BCUT2D eigenvalue weighted by Gasteiger charge is -2.07.